The molecule has 1 aliphatic rings. The zero-order chi connectivity index (χ0) is 20.5. The molecule has 1 unspecified atom stereocenters. The SMILES string of the molecule is COc1ccc(NC(=O)C[NH+](C)[C@H](C)C(=O)NC(=O)NC2CCCCC2)cc1. The lowest BCUT2D eigenvalue weighted by Gasteiger charge is -2.24. The van der Waals surface area contributed by atoms with E-state index in [9.17, 15) is 14.4 Å². The molecule has 0 aromatic heterocycles. The maximum Gasteiger partial charge on any atom is 0.321 e. The Morgan fingerprint density at radius 1 is 1.14 bits per heavy atom. The Hall–Kier alpha value is -2.61. The van der Waals surface area contributed by atoms with Gasteiger partial charge in [0.15, 0.2) is 12.6 Å². The van der Waals surface area contributed by atoms with Gasteiger partial charge in [-0.25, -0.2) is 4.79 Å². The minimum atomic E-state index is -0.543. The largest absolute Gasteiger partial charge is 0.497 e. The molecule has 0 aliphatic heterocycles. The van der Waals surface area contributed by atoms with E-state index in [2.05, 4.69) is 16.0 Å². The molecule has 8 heteroatoms. The van der Waals surface area contributed by atoms with Crippen molar-refractivity contribution in [2.45, 2.75) is 51.1 Å². The summed E-state index contributed by atoms with van der Waals surface area (Å²) >= 11 is 0. The van der Waals surface area contributed by atoms with Gasteiger partial charge in [0, 0.05) is 11.7 Å². The number of urea groups is 1. The summed E-state index contributed by atoms with van der Waals surface area (Å²) in [5.41, 5.74) is 0.655. The van der Waals surface area contributed by atoms with Crippen molar-refractivity contribution in [3.8, 4) is 5.75 Å². The maximum absolute atomic E-state index is 12.3. The second-order valence-electron chi connectivity index (χ2n) is 7.32. The number of amides is 4. The molecule has 28 heavy (non-hydrogen) atoms. The molecule has 2 atom stereocenters. The molecule has 0 saturated heterocycles. The molecule has 1 saturated carbocycles. The Bertz CT molecular complexity index is 671. The number of anilines is 1. The summed E-state index contributed by atoms with van der Waals surface area (Å²) < 4.78 is 5.08. The number of hydrogen-bond donors (Lipinski definition) is 4. The topological polar surface area (TPSA) is 101 Å². The van der Waals surface area contributed by atoms with E-state index in [1.165, 1.54) is 6.42 Å². The van der Waals surface area contributed by atoms with Crippen molar-refractivity contribution in [3.05, 3.63) is 24.3 Å². The monoisotopic (exact) mass is 391 g/mol. The number of likely N-dealkylation sites (N-methyl/N-ethyl adjacent to an activating group) is 1. The van der Waals surface area contributed by atoms with E-state index in [1.54, 1.807) is 45.3 Å². The number of quaternary nitrogens is 1. The van der Waals surface area contributed by atoms with Crippen LogP contribution >= 0.6 is 0 Å². The van der Waals surface area contributed by atoms with Crippen LogP contribution in [0.3, 0.4) is 0 Å². The van der Waals surface area contributed by atoms with Gasteiger partial charge in [-0.3, -0.25) is 14.9 Å². The number of imide groups is 1. The summed E-state index contributed by atoms with van der Waals surface area (Å²) in [6, 6.07) is 6.14. The summed E-state index contributed by atoms with van der Waals surface area (Å²) in [7, 11) is 3.32. The highest BCUT2D eigenvalue weighted by molar-refractivity contribution is 5.96. The first kappa shape index (κ1) is 21.7. The lowest BCUT2D eigenvalue weighted by Crippen LogP contribution is -3.15. The summed E-state index contributed by atoms with van der Waals surface area (Å²) in [5, 5.41) is 8.03. The van der Waals surface area contributed by atoms with Crippen LogP contribution in [0.1, 0.15) is 39.0 Å². The Balaban J connectivity index is 1.76. The van der Waals surface area contributed by atoms with Crippen molar-refractivity contribution in [1.82, 2.24) is 10.6 Å². The van der Waals surface area contributed by atoms with Crippen molar-refractivity contribution >= 4 is 23.5 Å². The second kappa shape index (κ2) is 10.7. The Kier molecular flexibility index (Phi) is 8.25. The molecule has 1 fully saturated rings. The molecule has 0 bridgehead atoms. The number of methoxy groups -OCH3 is 1. The molecule has 0 radical (unpaired) electrons. The van der Waals surface area contributed by atoms with Gasteiger partial charge in [0.05, 0.1) is 14.2 Å². The Morgan fingerprint density at radius 2 is 1.79 bits per heavy atom. The third kappa shape index (κ3) is 6.84. The van der Waals surface area contributed by atoms with E-state index in [0.29, 0.717) is 16.3 Å². The van der Waals surface area contributed by atoms with Crippen LogP contribution in [0.15, 0.2) is 24.3 Å². The molecular formula is C20H31N4O4+. The fourth-order valence-electron chi connectivity index (χ4n) is 3.20. The zero-order valence-corrected chi connectivity index (χ0v) is 16.8. The number of benzene rings is 1. The molecule has 154 valence electrons. The van der Waals surface area contributed by atoms with E-state index >= 15 is 0 Å². The summed E-state index contributed by atoms with van der Waals surface area (Å²) in [4.78, 5) is 37.2. The molecule has 1 aromatic rings. The normalized spacial score (nSPS) is 16.5. The average Bonchev–Trinajstić information content (AvgIpc) is 2.68. The predicted molar refractivity (Wildman–Crippen MR) is 106 cm³/mol. The number of nitrogens with one attached hydrogen (secondary N) is 4. The van der Waals surface area contributed by atoms with Crippen molar-refractivity contribution in [3.63, 3.8) is 0 Å². The predicted octanol–water partition coefficient (Wildman–Crippen LogP) is 0.695. The van der Waals surface area contributed by atoms with Gasteiger partial charge in [0.1, 0.15) is 5.75 Å². The Labute approximate surface area is 166 Å². The van der Waals surface area contributed by atoms with Crippen LogP contribution in [0.2, 0.25) is 0 Å². The first-order valence-corrected chi connectivity index (χ1v) is 9.76. The first-order valence-electron chi connectivity index (χ1n) is 9.76. The summed E-state index contributed by atoms with van der Waals surface area (Å²) in [6.07, 6.45) is 5.31. The van der Waals surface area contributed by atoms with Gasteiger partial charge in [-0.05, 0) is 44.0 Å². The number of hydrogen-bond acceptors (Lipinski definition) is 4. The molecule has 1 aliphatic carbocycles. The van der Waals surface area contributed by atoms with E-state index in [-0.39, 0.29) is 18.5 Å². The molecule has 0 spiro atoms. The van der Waals surface area contributed by atoms with Crippen LogP contribution in [0, 0.1) is 0 Å². The third-order valence-corrected chi connectivity index (χ3v) is 5.12. The number of rotatable bonds is 7. The van der Waals surface area contributed by atoms with Gasteiger partial charge in [-0.2, -0.15) is 0 Å². The summed E-state index contributed by atoms with van der Waals surface area (Å²) in [5.74, 6) is 0.0922. The first-order chi connectivity index (χ1) is 13.4. The van der Waals surface area contributed by atoms with Crippen molar-refractivity contribution in [2.24, 2.45) is 0 Å². The van der Waals surface area contributed by atoms with Crippen LogP contribution in [0.5, 0.6) is 5.75 Å². The highest BCUT2D eigenvalue weighted by Crippen LogP contribution is 2.17. The molecular weight excluding hydrogens is 360 g/mol. The van der Waals surface area contributed by atoms with Crippen LogP contribution in [-0.2, 0) is 9.59 Å². The Morgan fingerprint density at radius 3 is 2.39 bits per heavy atom. The molecule has 4 amide bonds. The van der Waals surface area contributed by atoms with Gasteiger partial charge in [0.25, 0.3) is 11.8 Å². The van der Waals surface area contributed by atoms with Crippen LogP contribution in [0.25, 0.3) is 0 Å². The smallest absolute Gasteiger partial charge is 0.321 e. The van der Waals surface area contributed by atoms with Crippen molar-refractivity contribution < 1.29 is 24.0 Å². The molecule has 8 nitrogen and oxygen atoms in total. The maximum atomic E-state index is 12.3. The summed E-state index contributed by atoms with van der Waals surface area (Å²) in [6.45, 7) is 1.80. The van der Waals surface area contributed by atoms with Crippen LogP contribution < -0.4 is 25.6 Å². The van der Waals surface area contributed by atoms with Gasteiger partial charge in [0.2, 0.25) is 0 Å². The number of ether oxygens (including phenoxy) is 1. The van der Waals surface area contributed by atoms with Crippen molar-refractivity contribution in [2.75, 3.05) is 26.0 Å². The number of carbonyl (C=O) groups is 3. The fourth-order valence-corrected chi connectivity index (χ4v) is 3.20. The number of carbonyl (C=O) groups excluding carboxylic acids is 3. The van der Waals surface area contributed by atoms with Gasteiger partial charge in [-0.1, -0.05) is 19.3 Å². The van der Waals surface area contributed by atoms with Gasteiger partial charge in [-0.15, -0.1) is 0 Å². The van der Waals surface area contributed by atoms with Crippen LogP contribution in [-0.4, -0.2) is 50.6 Å². The van der Waals surface area contributed by atoms with E-state index in [0.717, 1.165) is 25.7 Å². The third-order valence-electron chi connectivity index (χ3n) is 5.12. The van der Waals surface area contributed by atoms with Gasteiger partial charge >= 0.3 is 6.03 Å². The molecule has 0 heterocycles. The van der Waals surface area contributed by atoms with Crippen LogP contribution in [0.4, 0.5) is 10.5 Å². The lowest BCUT2D eigenvalue weighted by molar-refractivity contribution is -0.885. The zero-order valence-electron chi connectivity index (χ0n) is 16.8. The van der Waals surface area contributed by atoms with E-state index in [4.69, 9.17) is 4.74 Å². The van der Waals surface area contributed by atoms with Crippen molar-refractivity contribution in [1.29, 1.82) is 0 Å². The average molecular weight is 391 g/mol. The fraction of sp³-hybridized carbons (Fsp3) is 0.550. The van der Waals surface area contributed by atoms with Gasteiger partial charge < -0.3 is 20.3 Å². The highest BCUT2D eigenvalue weighted by atomic mass is 16.5. The quantitative estimate of drug-likeness (QED) is 0.550. The molecule has 4 N–H and O–H groups in total. The second-order valence-corrected chi connectivity index (χ2v) is 7.32. The van der Waals surface area contributed by atoms with E-state index < -0.39 is 18.0 Å². The van der Waals surface area contributed by atoms with E-state index in [1.807, 2.05) is 0 Å². The minimum absolute atomic E-state index is 0.102. The minimum Gasteiger partial charge on any atom is -0.497 e. The highest BCUT2D eigenvalue weighted by Gasteiger charge is 2.26. The molecule has 2 rings (SSSR count). The standard InChI is InChI=1S/C20H30N4O4/c1-14(19(26)23-20(27)22-15-7-5-4-6-8-15)24(2)13-18(25)21-16-9-11-17(28-3)12-10-16/h9-12,14-15H,4-8,13H2,1-3H3,(H,21,25)(H2,22,23,26,27)/p+1/t14-/m1/s1. The molecule has 1 aromatic carbocycles. The lowest BCUT2D eigenvalue weighted by atomic mass is 9.96.